The maximum Gasteiger partial charge on any atom is 0.282 e. The summed E-state index contributed by atoms with van der Waals surface area (Å²) >= 11 is 0. The number of carbonyl (C=O) groups excluding carboxylic acids is 2. The number of carbonyl (C=O) groups is 2. The minimum absolute atomic E-state index is 0.0840. The van der Waals surface area contributed by atoms with Gasteiger partial charge in [0, 0.05) is 58.7 Å². The molecule has 1 saturated heterocycles. The smallest absolute Gasteiger partial charge is 0.282 e. The number of amides is 2. The average Bonchev–Trinajstić information content (AvgIpc) is 2.70. The quantitative estimate of drug-likeness (QED) is 0.654. The SMILES string of the molecule is CCCNC(=O)CCC(=O)N1CCN(S(=O)(=O)N(C)C2CCCCC2)CC1. The zero-order chi connectivity index (χ0) is 19.9. The molecule has 1 N–H and O–H groups in total. The van der Waals surface area contributed by atoms with Crippen LogP contribution in [0.2, 0.25) is 0 Å². The third kappa shape index (κ3) is 6.15. The van der Waals surface area contributed by atoms with Crippen LogP contribution in [0, 0.1) is 0 Å². The number of hydrogen-bond acceptors (Lipinski definition) is 4. The van der Waals surface area contributed by atoms with E-state index < -0.39 is 10.2 Å². The molecule has 8 nitrogen and oxygen atoms in total. The highest BCUT2D eigenvalue weighted by molar-refractivity contribution is 7.86. The van der Waals surface area contributed by atoms with Gasteiger partial charge in [0.2, 0.25) is 11.8 Å². The van der Waals surface area contributed by atoms with E-state index in [4.69, 9.17) is 0 Å². The normalized spacial score (nSPS) is 20.0. The Morgan fingerprint density at radius 3 is 2.26 bits per heavy atom. The molecule has 1 saturated carbocycles. The summed E-state index contributed by atoms with van der Waals surface area (Å²) in [6.45, 7) is 3.99. The van der Waals surface area contributed by atoms with Gasteiger partial charge in [-0.2, -0.15) is 17.0 Å². The second-order valence-corrected chi connectivity index (χ2v) is 9.43. The van der Waals surface area contributed by atoms with Crippen molar-refractivity contribution >= 4 is 22.0 Å². The minimum Gasteiger partial charge on any atom is -0.356 e. The Balaban J connectivity index is 1.79. The van der Waals surface area contributed by atoms with Crippen LogP contribution in [0.3, 0.4) is 0 Å². The molecule has 1 heterocycles. The van der Waals surface area contributed by atoms with Gasteiger partial charge in [0.1, 0.15) is 0 Å². The molecule has 0 aromatic rings. The molecule has 0 aromatic heterocycles. The average molecular weight is 403 g/mol. The molecular formula is C18H34N4O4S. The van der Waals surface area contributed by atoms with Crippen LogP contribution in [0.1, 0.15) is 58.3 Å². The summed E-state index contributed by atoms with van der Waals surface area (Å²) < 4.78 is 28.8. The van der Waals surface area contributed by atoms with Gasteiger partial charge in [-0.3, -0.25) is 9.59 Å². The number of piperazine rings is 1. The summed E-state index contributed by atoms with van der Waals surface area (Å²) in [6.07, 6.45) is 6.42. The molecule has 156 valence electrons. The van der Waals surface area contributed by atoms with E-state index >= 15 is 0 Å². The summed E-state index contributed by atoms with van der Waals surface area (Å²) in [5.74, 6) is -0.195. The Hall–Kier alpha value is -1.19. The second-order valence-electron chi connectivity index (χ2n) is 7.45. The fraction of sp³-hybridized carbons (Fsp3) is 0.889. The van der Waals surface area contributed by atoms with Gasteiger partial charge in [0.15, 0.2) is 0 Å². The predicted molar refractivity (Wildman–Crippen MR) is 104 cm³/mol. The first kappa shape index (κ1) is 22.1. The topological polar surface area (TPSA) is 90.0 Å². The van der Waals surface area contributed by atoms with E-state index in [-0.39, 0.29) is 30.7 Å². The molecule has 1 aliphatic heterocycles. The molecule has 0 unspecified atom stereocenters. The van der Waals surface area contributed by atoms with Crippen molar-refractivity contribution in [1.29, 1.82) is 0 Å². The van der Waals surface area contributed by atoms with E-state index in [1.165, 1.54) is 15.0 Å². The Labute approximate surface area is 163 Å². The highest BCUT2D eigenvalue weighted by atomic mass is 32.2. The molecular weight excluding hydrogens is 368 g/mol. The molecule has 0 radical (unpaired) electrons. The van der Waals surface area contributed by atoms with Crippen molar-refractivity contribution in [2.75, 3.05) is 39.8 Å². The second kappa shape index (κ2) is 10.4. The number of hydrogen-bond donors (Lipinski definition) is 1. The van der Waals surface area contributed by atoms with Crippen molar-refractivity contribution in [2.45, 2.75) is 64.3 Å². The van der Waals surface area contributed by atoms with Crippen LogP contribution in [-0.4, -0.2) is 79.6 Å². The first-order chi connectivity index (χ1) is 12.9. The monoisotopic (exact) mass is 402 g/mol. The highest BCUT2D eigenvalue weighted by Gasteiger charge is 2.35. The van der Waals surface area contributed by atoms with Gasteiger partial charge in [-0.05, 0) is 19.3 Å². The summed E-state index contributed by atoms with van der Waals surface area (Å²) in [5, 5.41) is 2.76. The molecule has 2 rings (SSSR count). The molecule has 0 atom stereocenters. The van der Waals surface area contributed by atoms with E-state index in [1.54, 1.807) is 11.9 Å². The van der Waals surface area contributed by atoms with Crippen LogP contribution in [0.5, 0.6) is 0 Å². The zero-order valence-electron chi connectivity index (χ0n) is 16.7. The van der Waals surface area contributed by atoms with Gasteiger partial charge in [0.25, 0.3) is 10.2 Å². The van der Waals surface area contributed by atoms with Crippen LogP contribution in [-0.2, 0) is 19.8 Å². The summed E-state index contributed by atoms with van der Waals surface area (Å²) in [5.41, 5.74) is 0. The highest BCUT2D eigenvalue weighted by Crippen LogP contribution is 2.25. The fourth-order valence-electron chi connectivity index (χ4n) is 3.71. The molecule has 0 bridgehead atoms. The first-order valence-corrected chi connectivity index (χ1v) is 11.5. The Morgan fingerprint density at radius 2 is 1.67 bits per heavy atom. The van der Waals surface area contributed by atoms with Gasteiger partial charge >= 0.3 is 0 Å². The molecule has 0 spiro atoms. The van der Waals surface area contributed by atoms with Crippen molar-refractivity contribution in [1.82, 2.24) is 18.8 Å². The lowest BCUT2D eigenvalue weighted by atomic mass is 9.96. The van der Waals surface area contributed by atoms with Crippen molar-refractivity contribution in [3.8, 4) is 0 Å². The summed E-state index contributed by atoms with van der Waals surface area (Å²) in [7, 11) is -1.80. The van der Waals surface area contributed by atoms with Gasteiger partial charge in [-0.25, -0.2) is 0 Å². The van der Waals surface area contributed by atoms with E-state index in [9.17, 15) is 18.0 Å². The Bertz CT molecular complexity index is 596. The largest absolute Gasteiger partial charge is 0.356 e. The first-order valence-electron chi connectivity index (χ1n) is 10.1. The third-order valence-corrected chi connectivity index (χ3v) is 7.55. The van der Waals surface area contributed by atoms with Crippen molar-refractivity contribution in [3.05, 3.63) is 0 Å². The van der Waals surface area contributed by atoms with Crippen LogP contribution in [0.4, 0.5) is 0 Å². The molecule has 9 heteroatoms. The molecule has 27 heavy (non-hydrogen) atoms. The molecule has 2 amide bonds. The molecule has 2 aliphatic rings. The predicted octanol–water partition coefficient (Wildman–Crippen LogP) is 0.946. The lowest BCUT2D eigenvalue weighted by Gasteiger charge is -2.38. The third-order valence-electron chi connectivity index (χ3n) is 5.51. The van der Waals surface area contributed by atoms with Gasteiger partial charge in [-0.1, -0.05) is 26.2 Å². The minimum atomic E-state index is -3.48. The van der Waals surface area contributed by atoms with E-state index in [0.29, 0.717) is 32.7 Å². The number of rotatable bonds is 8. The van der Waals surface area contributed by atoms with E-state index in [0.717, 1.165) is 32.1 Å². The van der Waals surface area contributed by atoms with Gasteiger partial charge in [-0.15, -0.1) is 0 Å². The standard InChI is InChI=1S/C18H34N4O4S/c1-3-11-19-17(23)9-10-18(24)21-12-14-22(15-13-21)27(25,26)20(2)16-7-5-4-6-8-16/h16H,3-15H2,1-2H3,(H,19,23). The van der Waals surface area contributed by atoms with Crippen LogP contribution < -0.4 is 5.32 Å². The van der Waals surface area contributed by atoms with Crippen molar-refractivity contribution in [3.63, 3.8) is 0 Å². The molecule has 1 aliphatic carbocycles. The maximum atomic E-state index is 12.9. The van der Waals surface area contributed by atoms with E-state index in [1.807, 2.05) is 6.92 Å². The lowest BCUT2D eigenvalue weighted by Crippen LogP contribution is -2.55. The van der Waals surface area contributed by atoms with Crippen molar-refractivity contribution in [2.24, 2.45) is 0 Å². The summed E-state index contributed by atoms with van der Waals surface area (Å²) in [4.78, 5) is 25.6. The summed E-state index contributed by atoms with van der Waals surface area (Å²) in [6, 6.07) is 0.0880. The van der Waals surface area contributed by atoms with Gasteiger partial charge in [0.05, 0.1) is 0 Å². The fourth-order valence-corrected chi connectivity index (χ4v) is 5.29. The van der Waals surface area contributed by atoms with Crippen LogP contribution in [0.25, 0.3) is 0 Å². The Kier molecular flexibility index (Phi) is 8.50. The molecule has 0 aromatic carbocycles. The maximum absolute atomic E-state index is 12.9. The van der Waals surface area contributed by atoms with Crippen LogP contribution >= 0.6 is 0 Å². The Morgan fingerprint density at radius 1 is 1.04 bits per heavy atom. The van der Waals surface area contributed by atoms with Crippen LogP contribution in [0.15, 0.2) is 0 Å². The van der Waals surface area contributed by atoms with E-state index in [2.05, 4.69) is 5.32 Å². The number of nitrogens with one attached hydrogen (secondary N) is 1. The zero-order valence-corrected chi connectivity index (χ0v) is 17.5. The van der Waals surface area contributed by atoms with Crippen molar-refractivity contribution < 1.29 is 18.0 Å². The molecule has 2 fully saturated rings. The van der Waals surface area contributed by atoms with Gasteiger partial charge < -0.3 is 10.2 Å². The lowest BCUT2D eigenvalue weighted by molar-refractivity contribution is -0.134. The number of nitrogens with zero attached hydrogens (tertiary/aromatic N) is 3.